The van der Waals surface area contributed by atoms with Crippen molar-refractivity contribution in [1.29, 1.82) is 0 Å². The van der Waals surface area contributed by atoms with Crippen LogP contribution in [0.25, 0.3) is 6.08 Å². The summed E-state index contributed by atoms with van der Waals surface area (Å²) in [5.74, 6) is -3.44. The zero-order chi connectivity index (χ0) is 28.4. The summed E-state index contributed by atoms with van der Waals surface area (Å²) in [5.41, 5.74) is 0.540. The summed E-state index contributed by atoms with van der Waals surface area (Å²) in [6, 6.07) is 4.54. The van der Waals surface area contributed by atoms with Crippen molar-refractivity contribution in [3.63, 3.8) is 0 Å². The number of methoxy groups -OCH3 is 1. The first-order chi connectivity index (χ1) is 18.5. The Bertz CT molecular complexity index is 1120. The summed E-state index contributed by atoms with van der Waals surface area (Å²) in [6.07, 6.45) is -5.60. The van der Waals surface area contributed by atoms with Crippen LogP contribution in [-0.4, -0.2) is 99.4 Å². The number of carboxylic acids is 1. The number of phenols is 1. The summed E-state index contributed by atoms with van der Waals surface area (Å²) < 4.78 is 27.5. The lowest BCUT2D eigenvalue weighted by atomic mass is 9.83. The topological polar surface area (TPSA) is 202 Å². The van der Waals surface area contributed by atoms with Crippen LogP contribution >= 0.6 is 0 Å². The normalized spacial score (nSPS) is 36.1. The van der Waals surface area contributed by atoms with Gasteiger partial charge in [-0.15, -0.1) is 0 Å². The highest BCUT2D eigenvalue weighted by molar-refractivity contribution is 5.88. The molecule has 0 spiro atoms. The smallest absolute Gasteiger partial charge is 0.334 e. The van der Waals surface area contributed by atoms with E-state index < -0.39 is 79.4 Å². The van der Waals surface area contributed by atoms with E-state index in [0.717, 1.165) is 6.26 Å². The third-order valence-electron chi connectivity index (χ3n) is 7.43. The van der Waals surface area contributed by atoms with Crippen LogP contribution in [0.4, 0.5) is 0 Å². The number of benzene rings is 1. The first-order valence-corrected chi connectivity index (χ1v) is 12.4. The summed E-state index contributed by atoms with van der Waals surface area (Å²) in [5, 5.41) is 59.3. The fraction of sp³-hybridized carbons (Fsp3) is 0.538. The number of ether oxygens (including phenoxy) is 5. The van der Waals surface area contributed by atoms with Gasteiger partial charge in [0.2, 0.25) is 6.29 Å². The van der Waals surface area contributed by atoms with Crippen molar-refractivity contribution in [2.45, 2.75) is 56.4 Å². The molecule has 1 saturated carbocycles. The van der Waals surface area contributed by atoms with E-state index in [1.165, 1.54) is 31.4 Å². The van der Waals surface area contributed by atoms with Gasteiger partial charge in [-0.2, -0.15) is 0 Å². The molecule has 1 aliphatic carbocycles. The number of fused-ring (bicyclic) bond motifs is 1. The fourth-order valence-electron chi connectivity index (χ4n) is 5.28. The molecule has 13 heteroatoms. The third kappa shape index (κ3) is 5.88. The Morgan fingerprint density at radius 3 is 2.54 bits per heavy atom. The van der Waals surface area contributed by atoms with Crippen molar-refractivity contribution >= 4 is 18.0 Å². The molecule has 6 N–H and O–H groups in total. The van der Waals surface area contributed by atoms with E-state index in [0.29, 0.717) is 5.56 Å². The Morgan fingerprint density at radius 1 is 1.13 bits per heavy atom. The van der Waals surface area contributed by atoms with Crippen molar-refractivity contribution < 1.29 is 63.9 Å². The zero-order valence-corrected chi connectivity index (χ0v) is 21.2. The minimum absolute atomic E-state index is 0.0363. The molecule has 2 heterocycles. The van der Waals surface area contributed by atoms with E-state index in [-0.39, 0.29) is 23.5 Å². The molecule has 10 atom stereocenters. The molecule has 0 bridgehead atoms. The Kier molecular flexibility index (Phi) is 8.79. The molecule has 1 saturated heterocycles. The Morgan fingerprint density at radius 2 is 1.87 bits per heavy atom. The highest BCUT2D eigenvalue weighted by Gasteiger charge is 2.54. The second-order valence-corrected chi connectivity index (χ2v) is 9.73. The van der Waals surface area contributed by atoms with Gasteiger partial charge in [0, 0.05) is 23.8 Å². The van der Waals surface area contributed by atoms with Gasteiger partial charge in [-0.25, -0.2) is 9.59 Å². The SMILES string of the molecule is COc1cc(C=CC(=O)O[C@H]2C[C@H]3C(C(=O)O)=CO[C@@H](O[C@H]4O[C@H](CO)[C@@H](O)[C@H](O)[C@H]4O)[C@@H]3[C@@H]2C)ccc1O. The van der Waals surface area contributed by atoms with Gasteiger partial charge in [0.1, 0.15) is 30.5 Å². The van der Waals surface area contributed by atoms with Gasteiger partial charge >= 0.3 is 11.9 Å². The Labute approximate surface area is 223 Å². The van der Waals surface area contributed by atoms with Gasteiger partial charge < -0.3 is 54.3 Å². The number of aliphatic hydroxyl groups is 4. The molecular weight excluding hydrogens is 520 g/mol. The molecule has 2 aliphatic heterocycles. The fourth-order valence-corrected chi connectivity index (χ4v) is 5.28. The monoisotopic (exact) mass is 552 g/mol. The molecule has 0 unspecified atom stereocenters. The molecule has 1 aromatic carbocycles. The second kappa shape index (κ2) is 11.9. The van der Waals surface area contributed by atoms with Crippen LogP contribution in [0.2, 0.25) is 0 Å². The number of carboxylic acid groups (broad SMARTS) is 1. The molecule has 214 valence electrons. The number of phenolic OH excluding ortho intramolecular Hbond substituents is 1. The number of hydrogen-bond acceptors (Lipinski definition) is 12. The molecule has 3 aliphatic rings. The predicted octanol–water partition coefficient (Wildman–Crippen LogP) is -0.261. The van der Waals surface area contributed by atoms with Gasteiger partial charge in [-0.1, -0.05) is 13.0 Å². The van der Waals surface area contributed by atoms with E-state index in [9.17, 15) is 40.2 Å². The van der Waals surface area contributed by atoms with E-state index in [2.05, 4.69) is 0 Å². The minimum Gasteiger partial charge on any atom is -0.504 e. The second-order valence-electron chi connectivity index (χ2n) is 9.73. The van der Waals surface area contributed by atoms with Gasteiger partial charge in [0.15, 0.2) is 17.8 Å². The number of aliphatic hydroxyl groups excluding tert-OH is 4. The number of rotatable bonds is 8. The molecule has 0 radical (unpaired) electrons. The van der Waals surface area contributed by atoms with Crippen LogP contribution in [0.1, 0.15) is 18.9 Å². The van der Waals surface area contributed by atoms with Crippen LogP contribution in [0.15, 0.2) is 36.1 Å². The van der Waals surface area contributed by atoms with E-state index in [1.54, 1.807) is 13.0 Å². The first kappa shape index (κ1) is 28.8. The number of esters is 1. The molecule has 39 heavy (non-hydrogen) atoms. The lowest BCUT2D eigenvalue weighted by Gasteiger charge is -2.43. The summed E-state index contributed by atoms with van der Waals surface area (Å²) in [6.45, 7) is 1.10. The Hall–Kier alpha value is -3.20. The number of aromatic hydroxyl groups is 1. The van der Waals surface area contributed by atoms with E-state index in [1.807, 2.05) is 0 Å². The highest BCUT2D eigenvalue weighted by Crippen LogP contribution is 2.48. The summed E-state index contributed by atoms with van der Waals surface area (Å²) in [4.78, 5) is 24.5. The molecule has 0 amide bonds. The van der Waals surface area contributed by atoms with Gasteiger partial charge in [0.05, 0.1) is 25.6 Å². The molecule has 0 aromatic heterocycles. The predicted molar refractivity (Wildman–Crippen MR) is 130 cm³/mol. The average Bonchev–Trinajstić information content (AvgIpc) is 3.24. The van der Waals surface area contributed by atoms with Crippen LogP contribution in [-0.2, 0) is 28.5 Å². The van der Waals surface area contributed by atoms with Gasteiger partial charge in [0.25, 0.3) is 0 Å². The lowest BCUT2D eigenvalue weighted by molar-refractivity contribution is -0.342. The molecule has 1 aromatic rings. The maximum Gasteiger partial charge on any atom is 0.334 e. The highest BCUT2D eigenvalue weighted by atomic mass is 16.8. The standard InChI is InChI=1S/C26H32O13/c1-11-16(37-19(29)6-4-12-3-5-15(28)17(7-12)35-2)8-13-14(24(33)34)10-36-25(20(11)13)39-26-23(32)22(31)21(30)18(9-27)38-26/h3-7,10-11,13,16,18,20-23,25-28,30-32H,8-9H2,1-2H3,(H,33,34)/t11-,13+,16+,18-,20-,21-,22+,23-,25+,26-/m1/s1. The van der Waals surface area contributed by atoms with E-state index >= 15 is 0 Å². The number of carbonyl (C=O) groups is 2. The van der Waals surface area contributed by atoms with Crippen molar-refractivity contribution in [2.75, 3.05) is 13.7 Å². The molecule has 13 nitrogen and oxygen atoms in total. The quantitative estimate of drug-likeness (QED) is 0.182. The van der Waals surface area contributed by atoms with Crippen LogP contribution in [0.3, 0.4) is 0 Å². The van der Waals surface area contributed by atoms with Gasteiger partial charge in [-0.05, 0) is 30.2 Å². The number of carbonyl (C=O) groups excluding carboxylic acids is 1. The Balaban J connectivity index is 1.48. The maximum absolute atomic E-state index is 12.6. The molecule has 4 rings (SSSR count). The molecule has 2 fully saturated rings. The van der Waals surface area contributed by atoms with Crippen LogP contribution < -0.4 is 4.74 Å². The largest absolute Gasteiger partial charge is 0.504 e. The van der Waals surface area contributed by atoms with Crippen molar-refractivity contribution in [3.05, 3.63) is 41.7 Å². The van der Waals surface area contributed by atoms with Crippen LogP contribution in [0, 0.1) is 17.8 Å². The lowest BCUT2D eigenvalue weighted by Crippen LogP contribution is -2.60. The number of aliphatic carboxylic acids is 1. The van der Waals surface area contributed by atoms with Crippen molar-refractivity contribution in [2.24, 2.45) is 17.8 Å². The number of hydrogen-bond donors (Lipinski definition) is 6. The van der Waals surface area contributed by atoms with Gasteiger partial charge in [-0.3, -0.25) is 0 Å². The van der Waals surface area contributed by atoms with E-state index in [4.69, 9.17) is 23.7 Å². The van der Waals surface area contributed by atoms with Crippen LogP contribution in [0.5, 0.6) is 11.5 Å². The zero-order valence-electron chi connectivity index (χ0n) is 21.2. The average molecular weight is 553 g/mol. The summed E-state index contributed by atoms with van der Waals surface area (Å²) in [7, 11) is 1.40. The minimum atomic E-state index is -1.68. The summed E-state index contributed by atoms with van der Waals surface area (Å²) >= 11 is 0. The van der Waals surface area contributed by atoms with Crippen molar-refractivity contribution in [1.82, 2.24) is 0 Å². The third-order valence-corrected chi connectivity index (χ3v) is 7.43. The molecular formula is C26H32O13. The van der Waals surface area contributed by atoms with Crippen molar-refractivity contribution in [3.8, 4) is 11.5 Å². The first-order valence-electron chi connectivity index (χ1n) is 12.4. The maximum atomic E-state index is 12.6.